The minimum atomic E-state index is 0.440. The van der Waals surface area contributed by atoms with E-state index in [4.69, 9.17) is 0 Å². The van der Waals surface area contributed by atoms with E-state index in [9.17, 15) is 0 Å². The number of aromatic nitrogens is 4. The van der Waals surface area contributed by atoms with Crippen LogP contribution < -0.4 is 0 Å². The smallest absolute Gasteiger partial charge is 0.126 e. The van der Waals surface area contributed by atoms with E-state index in [0.29, 0.717) is 6.04 Å². The van der Waals surface area contributed by atoms with Crippen molar-refractivity contribution in [1.82, 2.24) is 24.2 Å². The lowest BCUT2D eigenvalue weighted by Gasteiger charge is -2.34. The van der Waals surface area contributed by atoms with Gasteiger partial charge in [-0.1, -0.05) is 0 Å². The van der Waals surface area contributed by atoms with Gasteiger partial charge in [-0.05, 0) is 31.7 Å². The van der Waals surface area contributed by atoms with Gasteiger partial charge in [0, 0.05) is 32.0 Å². The molecule has 2 aromatic rings. The van der Waals surface area contributed by atoms with Crippen molar-refractivity contribution in [3.8, 4) is 0 Å². The van der Waals surface area contributed by atoms with Crippen molar-refractivity contribution in [1.29, 1.82) is 0 Å². The van der Waals surface area contributed by atoms with Crippen LogP contribution in [0, 0.1) is 5.92 Å². The van der Waals surface area contributed by atoms with Crippen LogP contribution in [0.5, 0.6) is 0 Å². The molecule has 0 unspecified atom stereocenters. The van der Waals surface area contributed by atoms with E-state index in [-0.39, 0.29) is 0 Å². The zero-order chi connectivity index (χ0) is 13.5. The van der Waals surface area contributed by atoms with Gasteiger partial charge in [0.1, 0.15) is 5.82 Å². The Balaban J connectivity index is 1.54. The molecule has 3 heterocycles. The van der Waals surface area contributed by atoms with Crippen molar-refractivity contribution in [2.24, 2.45) is 5.92 Å². The van der Waals surface area contributed by atoms with Crippen molar-refractivity contribution >= 4 is 0 Å². The van der Waals surface area contributed by atoms with E-state index in [1.54, 1.807) is 0 Å². The summed E-state index contributed by atoms with van der Waals surface area (Å²) in [5.41, 5.74) is 1.27. The fraction of sp³-hybridized carbons (Fsp3) is 0.600. The molecule has 1 saturated carbocycles. The number of imidazole rings is 1. The van der Waals surface area contributed by atoms with Crippen LogP contribution in [0.15, 0.2) is 24.7 Å². The van der Waals surface area contributed by atoms with Crippen LogP contribution in [0.25, 0.3) is 0 Å². The Morgan fingerprint density at radius 3 is 2.95 bits per heavy atom. The quantitative estimate of drug-likeness (QED) is 0.852. The highest BCUT2D eigenvalue weighted by Crippen LogP contribution is 2.34. The molecule has 5 nitrogen and oxygen atoms in total. The Morgan fingerprint density at radius 2 is 2.20 bits per heavy atom. The van der Waals surface area contributed by atoms with Crippen LogP contribution in [-0.4, -0.2) is 37.3 Å². The summed E-state index contributed by atoms with van der Waals surface area (Å²) in [6.07, 6.45) is 8.69. The molecule has 0 saturated heterocycles. The third-order valence-corrected chi connectivity index (χ3v) is 4.57. The molecule has 0 bridgehead atoms. The van der Waals surface area contributed by atoms with E-state index >= 15 is 0 Å². The summed E-state index contributed by atoms with van der Waals surface area (Å²) in [6, 6.07) is 2.41. The largest absolute Gasteiger partial charge is 0.328 e. The SMILES string of the molecule is C[C@H]1c2ncc(Cn3cccn3)n2CCN1CC1CC1. The predicted octanol–water partition coefficient (Wildman–Crippen LogP) is 1.91. The third-order valence-electron chi connectivity index (χ3n) is 4.57. The number of hydrogen-bond donors (Lipinski definition) is 0. The first-order valence-electron chi connectivity index (χ1n) is 7.57. The number of fused-ring (bicyclic) bond motifs is 1. The highest BCUT2D eigenvalue weighted by Gasteiger charge is 2.31. The van der Waals surface area contributed by atoms with Gasteiger partial charge in [-0.15, -0.1) is 0 Å². The molecule has 0 spiro atoms. The molecule has 1 fully saturated rings. The van der Waals surface area contributed by atoms with Gasteiger partial charge in [-0.3, -0.25) is 9.58 Å². The summed E-state index contributed by atoms with van der Waals surface area (Å²) < 4.78 is 4.35. The fourth-order valence-electron chi connectivity index (χ4n) is 3.17. The summed E-state index contributed by atoms with van der Waals surface area (Å²) in [7, 11) is 0. The van der Waals surface area contributed by atoms with Gasteiger partial charge in [-0.2, -0.15) is 5.10 Å². The van der Waals surface area contributed by atoms with Gasteiger partial charge in [0.25, 0.3) is 0 Å². The van der Waals surface area contributed by atoms with Gasteiger partial charge in [0.2, 0.25) is 0 Å². The first-order chi connectivity index (χ1) is 9.81. The molecule has 2 aliphatic rings. The highest BCUT2D eigenvalue weighted by molar-refractivity contribution is 5.11. The average molecular weight is 271 g/mol. The zero-order valence-electron chi connectivity index (χ0n) is 11.9. The second-order valence-corrected chi connectivity index (χ2v) is 6.08. The molecule has 1 atom stereocenters. The van der Waals surface area contributed by atoms with E-state index in [1.165, 1.54) is 30.9 Å². The van der Waals surface area contributed by atoms with Gasteiger partial charge in [0.05, 0.1) is 24.5 Å². The number of rotatable bonds is 4. The summed E-state index contributed by atoms with van der Waals surface area (Å²) in [5, 5.41) is 4.29. The predicted molar refractivity (Wildman–Crippen MR) is 76.3 cm³/mol. The minimum absolute atomic E-state index is 0.440. The van der Waals surface area contributed by atoms with Crippen molar-refractivity contribution in [2.75, 3.05) is 13.1 Å². The van der Waals surface area contributed by atoms with Crippen molar-refractivity contribution in [3.05, 3.63) is 36.2 Å². The molecule has 2 aromatic heterocycles. The van der Waals surface area contributed by atoms with Crippen LogP contribution in [-0.2, 0) is 13.1 Å². The Kier molecular flexibility index (Phi) is 2.88. The van der Waals surface area contributed by atoms with E-state index in [0.717, 1.165) is 25.6 Å². The maximum Gasteiger partial charge on any atom is 0.126 e. The first-order valence-corrected chi connectivity index (χ1v) is 7.57. The molecular weight excluding hydrogens is 250 g/mol. The molecule has 1 aliphatic heterocycles. The maximum atomic E-state index is 4.68. The Bertz CT molecular complexity index is 581. The second kappa shape index (κ2) is 4.74. The summed E-state index contributed by atoms with van der Waals surface area (Å²) in [4.78, 5) is 7.27. The zero-order valence-corrected chi connectivity index (χ0v) is 11.9. The van der Waals surface area contributed by atoms with Crippen LogP contribution in [0.1, 0.15) is 37.3 Å². The van der Waals surface area contributed by atoms with Crippen LogP contribution in [0.4, 0.5) is 0 Å². The Morgan fingerprint density at radius 1 is 1.30 bits per heavy atom. The fourth-order valence-corrected chi connectivity index (χ4v) is 3.17. The molecule has 0 aromatic carbocycles. The lowest BCUT2D eigenvalue weighted by molar-refractivity contribution is 0.156. The second-order valence-electron chi connectivity index (χ2n) is 6.08. The Hall–Kier alpha value is -1.62. The molecule has 1 aliphatic carbocycles. The summed E-state index contributed by atoms with van der Waals surface area (Å²) in [5.74, 6) is 2.17. The third kappa shape index (κ3) is 2.16. The molecule has 106 valence electrons. The van der Waals surface area contributed by atoms with Gasteiger partial charge in [0.15, 0.2) is 0 Å². The van der Waals surface area contributed by atoms with Gasteiger partial charge < -0.3 is 4.57 Å². The van der Waals surface area contributed by atoms with Crippen molar-refractivity contribution < 1.29 is 0 Å². The molecular formula is C15H21N5. The highest BCUT2D eigenvalue weighted by atomic mass is 15.3. The molecule has 4 rings (SSSR count). The van der Waals surface area contributed by atoms with Crippen molar-refractivity contribution in [3.63, 3.8) is 0 Å². The summed E-state index contributed by atoms with van der Waals surface area (Å²) >= 11 is 0. The van der Waals surface area contributed by atoms with E-state index in [2.05, 4.69) is 26.5 Å². The summed E-state index contributed by atoms with van der Waals surface area (Å²) in [6.45, 7) is 6.56. The normalized spacial score (nSPS) is 22.9. The lowest BCUT2D eigenvalue weighted by Crippen LogP contribution is -2.38. The van der Waals surface area contributed by atoms with E-state index < -0.39 is 0 Å². The molecule has 5 heteroatoms. The molecule has 0 radical (unpaired) electrons. The molecule has 0 N–H and O–H groups in total. The lowest BCUT2D eigenvalue weighted by atomic mass is 10.2. The standard InChI is InChI=1S/C15H21N5/c1-12-15-16-9-14(11-19-6-2-5-17-19)20(15)8-7-18(12)10-13-3-4-13/h2,5-6,9,12-13H,3-4,7-8,10-11H2,1H3/t12-/m0/s1. The first kappa shape index (κ1) is 12.1. The minimum Gasteiger partial charge on any atom is -0.328 e. The molecule has 0 amide bonds. The Labute approximate surface area is 119 Å². The van der Waals surface area contributed by atoms with Gasteiger partial charge >= 0.3 is 0 Å². The topological polar surface area (TPSA) is 38.9 Å². The maximum absolute atomic E-state index is 4.68. The molecule has 20 heavy (non-hydrogen) atoms. The van der Waals surface area contributed by atoms with Crippen LogP contribution in [0.2, 0.25) is 0 Å². The van der Waals surface area contributed by atoms with Crippen LogP contribution >= 0.6 is 0 Å². The number of hydrogen-bond acceptors (Lipinski definition) is 3. The van der Waals surface area contributed by atoms with Gasteiger partial charge in [-0.25, -0.2) is 4.98 Å². The average Bonchev–Trinajstić information content (AvgIpc) is 2.96. The van der Waals surface area contributed by atoms with E-state index in [1.807, 2.05) is 29.3 Å². The number of nitrogens with zero attached hydrogens (tertiary/aromatic N) is 5. The van der Waals surface area contributed by atoms with Crippen molar-refractivity contribution in [2.45, 2.75) is 38.9 Å². The van der Waals surface area contributed by atoms with Crippen LogP contribution in [0.3, 0.4) is 0 Å². The monoisotopic (exact) mass is 271 g/mol.